The van der Waals surface area contributed by atoms with Crippen molar-refractivity contribution in [3.05, 3.63) is 35.8 Å². The van der Waals surface area contributed by atoms with Gasteiger partial charge in [-0.25, -0.2) is 4.98 Å². The first-order valence-electron chi connectivity index (χ1n) is 11.3. The van der Waals surface area contributed by atoms with Gasteiger partial charge in [0.15, 0.2) is 5.65 Å². The third-order valence-electron chi connectivity index (χ3n) is 6.17. The first-order chi connectivity index (χ1) is 16.2. The van der Waals surface area contributed by atoms with Gasteiger partial charge >= 0.3 is 6.18 Å². The molecule has 3 aromatic heterocycles. The molecule has 1 aliphatic carbocycles. The van der Waals surface area contributed by atoms with E-state index in [1.165, 1.54) is 0 Å². The molecule has 34 heavy (non-hydrogen) atoms. The van der Waals surface area contributed by atoms with Crippen molar-refractivity contribution >= 4 is 17.0 Å². The maximum absolute atomic E-state index is 12.7. The molecule has 2 fully saturated rings. The average Bonchev–Trinajstić information content (AvgIpc) is 3.24. The fraction of sp³-hybridized carbons (Fsp3) is 0.565. The summed E-state index contributed by atoms with van der Waals surface area (Å²) in [5.41, 5.74) is 2.40. The van der Waals surface area contributed by atoms with Crippen LogP contribution in [0.15, 0.2) is 24.5 Å². The number of aryl methyl sites for hydroxylation is 3. The number of morpholine rings is 1. The van der Waals surface area contributed by atoms with Crippen molar-refractivity contribution in [2.24, 2.45) is 18.9 Å². The molecule has 8 nitrogen and oxygen atoms in total. The van der Waals surface area contributed by atoms with Gasteiger partial charge in [0.1, 0.15) is 0 Å². The Morgan fingerprint density at radius 2 is 1.85 bits per heavy atom. The zero-order valence-electron chi connectivity index (χ0n) is 19.5. The van der Waals surface area contributed by atoms with E-state index in [4.69, 9.17) is 9.47 Å². The summed E-state index contributed by atoms with van der Waals surface area (Å²) in [4.78, 5) is 15.7. The van der Waals surface area contributed by atoms with Crippen molar-refractivity contribution in [3.63, 3.8) is 0 Å². The summed E-state index contributed by atoms with van der Waals surface area (Å²) in [6.45, 7) is 6.61. The minimum Gasteiger partial charge on any atom is -0.477 e. The third-order valence-corrected chi connectivity index (χ3v) is 6.17. The lowest BCUT2D eigenvalue weighted by molar-refractivity contribution is -0.206. The zero-order chi connectivity index (χ0) is 24.3. The molecule has 1 saturated carbocycles. The van der Waals surface area contributed by atoms with Crippen molar-refractivity contribution in [1.82, 2.24) is 24.7 Å². The Bertz CT molecular complexity index is 1090. The number of nitrogens with zero attached hydrogens (tertiary/aromatic N) is 6. The molecule has 11 heteroatoms. The normalized spacial score (nSPS) is 20.5. The van der Waals surface area contributed by atoms with E-state index >= 15 is 0 Å². The van der Waals surface area contributed by atoms with Gasteiger partial charge in [-0.05, 0) is 50.3 Å². The monoisotopic (exact) mass is 478 g/mol. The van der Waals surface area contributed by atoms with Gasteiger partial charge in [0.25, 0.3) is 0 Å². The Balaban J connectivity index is 0.000000398. The maximum Gasteiger partial charge on any atom is 0.391 e. The molecule has 0 spiro atoms. The maximum atomic E-state index is 12.7. The molecule has 1 aliphatic heterocycles. The lowest BCUT2D eigenvalue weighted by atomic mass is 9.75. The summed E-state index contributed by atoms with van der Waals surface area (Å²) in [5, 5.41) is 4.52. The minimum atomic E-state index is -4.11. The Kier molecular flexibility index (Phi) is 7.20. The van der Waals surface area contributed by atoms with Crippen molar-refractivity contribution in [1.29, 1.82) is 0 Å². The Morgan fingerprint density at radius 3 is 2.44 bits per heavy atom. The fourth-order valence-corrected chi connectivity index (χ4v) is 3.90. The quantitative estimate of drug-likeness (QED) is 0.563. The molecule has 3 aromatic rings. The SMILES string of the molecule is Cc1cc2c(OCC3CC(C(F)(F)F)C3)nc(N3CCOCC3)nc2nc1C.Cn1cccn1. The number of hydrogen-bond acceptors (Lipinski definition) is 7. The van der Waals surface area contributed by atoms with Gasteiger partial charge in [0, 0.05) is 38.2 Å². The molecule has 184 valence electrons. The largest absolute Gasteiger partial charge is 0.477 e. The molecule has 0 atom stereocenters. The highest BCUT2D eigenvalue weighted by Crippen LogP contribution is 2.44. The summed E-state index contributed by atoms with van der Waals surface area (Å²) in [6.07, 6.45) is -0.251. The summed E-state index contributed by atoms with van der Waals surface area (Å²) >= 11 is 0. The molecule has 1 saturated heterocycles. The molecule has 5 rings (SSSR count). The number of fused-ring (bicyclic) bond motifs is 1. The van der Waals surface area contributed by atoms with Crippen molar-refractivity contribution in [3.8, 4) is 5.88 Å². The molecular weight excluding hydrogens is 449 g/mol. The Morgan fingerprint density at radius 1 is 1.12 bits per heavy atom. The number of ether oxygens (including phenoxy) is 2. The van der Waals surface area contributed by atoms with Crippen LogP contribution in [0.4, 0.5) is 19.1 Å². The topological polar surface area (TPSA) is 78.2 Å². The van der Waals surface area contributed by atoms with Crippen molar-refractivity contribution in [2.75, 3.05) is 37.8 Å². The molecule has 0 amide bonds. The van der Waals surface area contributed by atoms with Gasteiger partial charge in [0.05, 0.1) is 31.1 Å². The molecule has 0 radical (unpaired) electrons. The molecule has 2 aliphatic rings. The van der Waals surface area contributed by atoms with Gasteiger partial charge in [-0.3, -0.25) is 4.68 Å². The molecule has 0 N–H and O–H groups in total. The lowest BCUT2D eigenvalue weighted by Gasteiger charge is -2.36. The standard InChI is InChI=1S/C19H23F3N4O2.C4H6N2/c1-11-7-15-16(23-12(11)2)24-18(26-3-5-27-6-4-26)25-17(15)28-10-13-8-14(9-13)19(20,21)22;1-6-4-2-3-5-6/h7,13-14H,3-6,8-10H2,1-2H3;2-4H,1H3. The van der Waals surface area contributed by atoms with Gasteiger partial charge < -0.3 is 14.4 Å². The number of pyridine rings is 1. The van der Waals surface area contributed by atoms with E-state index in [1.807, 2.05) is 44.1 Å². The van der Waals surface area contributed by atoms with Crippen LogP contribution in [0.1, 0.15) is 24.1 Å². The molecular formula is C23H29F3N6O2. The Hall–Kier alpha value is -2.95. The number of alkyl halides is 3. The van der Waals surface area contributed by atoms with Crippen LogP contribution in [0, 0.1) is 25.7 Å². The summed E-state index contributed by atoms with van der Waals surface area (Å²) in [7, 11) is 1.89. The van der Waals surface area contributed by atoms with E-state index in [-0.39, 0.29) is 25.4 Å². The average molecular weight is 479 g/mol. The highest BCUT2D eigenvalue weighted by atomic mass is 19.4. The first-order valence-corrected chi connectivity index (χ1v) is 11.3. The first kappa shape index (κ1) is 24.2. The van der Waals surface area contributed by atoms with Crippen LogP contribution in [0.25, 0.3) is 11.0 Å². The second-order valence-corrected chi connectivity index (χ2v) is 8.76. The second-order valence-electron chi connectivity index (χ2n) is 8.76. The minimum absolute atomic E-state index is 0.108. The highest BCUT2D eigenvalue weighted by molar-refractivity contribution is 5.82. The van der Waals surface area contributed by atoms with Crippen molar-refractivity contribution < 1.29 is 22.6 Å². The van der Waals surface area contributed by atoms with Crippen LogP contribution in [-0.4, -0.2) is 63.8 Å². The zero-order valence-corrected chi connectivity index (χ0v) is 19.5. The van der Waals surface area contributed by atoms with Crippen molar-refractivity contribution in [2.45, 2.75) is 32.9 Å². The molecule has 0 aromatic carbocycles. The van der Waals surface area contributed by atoms with Gasteiger partial charge in [-0.1, -0.05) is 0 Å². The van der Waals surface area contributed by atoms with Crippen LogP contribution in [0.2, 0.25) is 0 Å². The van der Waals surface area contributed by atoms with Crippen LogP contribution < -0.4 is 9.64 Å². The number of halogens is 3. The van der Waals surface area contributed by atoms with Crippen LogP contribution in [-0.2, 0) is 11.8 Å². The predicted octanol–water partition coefficient (Wildman–Crippen LogP) is 3.87. The predicted molar refractivity (Wildman–Crippen MR) is 121 cm³/mol. The molecule has 4 heterocycles. The van der Waals surface area contributed by atoms with Crippen LogP contribution in [0.5, 0.6) is 5.88 Å². The van der Waals surface area contributed by atoms with E-state index in [1.54, 1.807) is 10.9 Å². The number of anilines is 1. The third kappa shape index (κ3) is 5.75. The number of hydrogen-bond donors (Lipinski definition) is 0. The summed E-state index contributed by atoms with van der Waals surface area (Å²) in [5.74, 6) is -0.414. The molecule has 0 unspecified atom stereocenters. The number of rotatable bonds is 4. The van der Waals surface area contributed by atoms with E-state index in [0.29, 0.717) is 49.2 Å². The van der Waals surface area contributed by atoms with E-state index in [2.05, 4.69) is 20.1 Å². The van der Waals surface area contributed by atoms with Gasteiger partial charge in [-0.15, -0.1) is 0 Å². The summed E-state index contributed by atoms with van der Waals surface area (Å²) in [6, 6.07) is 3.81. The summed E-state index contributed by atoms with van der Waals surface area (Å²) < 4.78 is 51.1. The van der Waals surface area contributed by atoms with E-state index < -0.39 is 12.1 Å². The lowest BCUT2D eigenvalue weighted by Crippen LogP contribution is -2.38. The fourth-order valence-electron chi connectivity index (χ4n) is 3.90. The van der Waals surface area contributed by atoms with Crippen LogP contribution in [0.3, 0.4) is 0 Å². The van der Waals surface area contributed by atoms with Gasteiger partial charge in [0.2, 0.25) is 11.8 Å². The Labute approximate surface area is 196 Å². The second kappa shape index (κ2) is 10.1. The highest BCUT2D eigenvalue weighted by Gasteiger charge is 2.47. The molecule has 0 bridgehead atoms. The number of aromatic nitrogens is 5. The van der Waals surface area contributed by atoms with Gasteiger partial charge in [-0.2, -0.15) is 28.2 Å². The smallest absolute Gasteiger partial charge is 0.391 e. The van der Waals surface area contributed by atoms with Crippen LogP contribution >= 0.6 is 0 Å². The van der Waals surface area contributed by atoms with E-state index in [9.17, 15) is 13.2 Å². The van der Waals surface area contributed by atoms with E-state index in [0.717, 1.165) is 11.3 Å².